The van der Waals surface area contributed by atoms with Crippen molar-refractivity contribution in [1.29, 1.82) is 0 Å². The summed E-state index contributed by atoms with van der Waals surface area (Å²) in [4.78, 5) is 11.1. The fourth-order valence-electron chi connectivity index (χ4n) is 2.63. The average molecular weight is 409 g/mol. The van der Waals surface area contributed by atoms with Crippen LogP contribution in [0.25, 0.3) is 11.3 Å². The van der Waals surface area contributed by atoms with Gasteiger partial charge in [0.25, 0.3) is 0 Å². The lowest BCUT2D eigenvalue weighted by molar-refractivity contribution is -0.138. The van der Waals surface area contributed by atoms with Crippen molar-refractivity contribution in [3.63, 3.8) is 0 Å². The minimum Gasteiger partial charge on any atom is -0.496 e. The molecule has 0 atom stereocenters. The predicted octanol–water partition coefficient (Wildman–Crippen LogP) is 5.34. The molecular formula is C20H19F4N3O2. The van der Waals surface area contributed by atoms with Gasteiger partial charge in [0.1, 0.15) is 35.4 Å². The van der Waals surface area contributed by atoms with Gasteiger partial charge in [-0.15, -0.1) is 0 Å². The second-order valence-corrected chi connectivity index (χ2v) is 6.64. The van der Waals surface area contributed by atoms with Crippen molar-refractivity contribution < 1.29 is 27.0 Å². The maximum Gasteiger partial charge on any atom is 0.417 e. The average Bonchev–Trinajstić information content (AvgIpc) is 3.16. The third kappa shape index (κ3) is 4.67. The number of benzene rings is 1. The lowest BCUT2D eigenvalue weighted by atomic mass is 10.1. The van der Waals surface area contributed by atoms with E-state index < -0.39 is 17.6 Å². The Balaban J connectivity index is 1.77. The zero-order valence-corrected chi connectivity index (χ0v) is 16.0. The van der Waals surface area contributed by atoms with E-state index in [1.165, 1.54) is 7.11 Å². The smallest absolute Gasteiger partial charge is 0.417 e. The van der Waals surface area contributed by atoms with E-state index in [1.807, 2.05) is 13.8 Å². The van der Waals surface area contributed by atoms with Crippen LogP contribution >= 0.6 is 0 Å². The van der Waals surface area contributed by atoms with Gasteiger partial charge in [-0.25, -0.2) is 9.37 Å². The fraction of sp³-hybridized carbons (Fsp3) is 0.300. The number of H-pyrrole nitrogens is 1. The Morgan fingerprint density at radius 1 is 1.10 bits per heavy atom. The first-order valence-electron chi connectivity index (χ1n) is 8.76. The molecule has 3 aromatic rings. The number of aromatic nitrogens is 3. The van der Waals surface area contributed by atoms with Gasteiger partial charge in [0.2, 0.25) is 0 Å². The second kappa shape index (κ2) is 8.10. The van der Waals surface area contributed by atoms with Crippen molar-refractivity contribution in [2.45, 2.75) is 32.5 Å². The van der Waals surface area contributed by atoms with Crippen molar-refractivity contribution in [3.8, 4) is 22.8 Å². The molecule has 0 aliphatic rings. The monoisotopic (exact) mass is 409 g/mol. The van der Waals surface area contributed by atoms with E-state index in [0.29, 0.717) is 23.8 Å². The highest BCUT2D eigenvalue weighted by atomic mass is 19.4. The van der Waals surface area contributed by atoms with E-state index in [1.54, 1.807) is 24.4 Å². The first-order chi connectivity index (χ1) is 13.7. The van der Waals surface area contributed by atoms with Crippen molar-refractivity contribution in [1.82, 2.24) is 15.0 Å². The van der Waals surface area contributed by atoms with Gasteiger partial charge in [0, 0.05) is 23.7 Å². The van der Waals surface area contributed by atoms with Gasteiger partial charge in [-0.1, -0.05) is 13.8 Å². The number of nitrogens with zero attached hydrogens (tertiary/aromatic N) is 2. The van der Waals surface area contributed by atoms with Crippen LogP contribution in [0, 0.1) is 5.82 Å². The number of methoxy groups -OCH3 is 1. The molecular weight excluding hydrogens is 390 g/mol. The van der Waals surface area contributed by atoms with Gasteiger partial charge in [0.05, 0.1) is 24.6 Å². The van der Waals surface area contributed by atoms with Crippen LogP contribution in [-0.4, -0.2) is 22.1 Å². The molecule has 2 aromatic heterocycles. The zero-order chi connectivity index (χ0) is 21.2. The molecule has 0 unspecified atom stereocenters. The molecule has 0 amide bonds. The van der Waals surface area contributed by atoms with Gasteiger partial charge in [-0.3, -0.25) is 4.98 Å². The van der Waals surface area contributed by atoms with Crippen molar-refractivity contribution in [2.24, 2.45) is 0 Å². The number of imidazole rings is 1. The van der Waals surface area contributed by atoms with E-state index in [2.05, 4.69) is 15.0 Å². The maximum atomic E-state index is 13.9. The highest BCUT2D eigenvalue weighted by molar-refractivity contribution is 5.68. The normalized spacial score (nSPS) is 11.7. The summed E-state index contributed by atoms with van der Waals surface area (Å²) in [6, 6.07) is 5.41. The van der Waals surface area contributed by atoms with E-state index in [4.69, 9.17) is 9.47 Å². The molecule has 0 saturated carbocycles. The van der Waals surface area contributed by atoms with Crippen LogP contribution in [0.15, 0.2) is 36.7 Å². The first-order valence-corrected chi connectivity index (χ1v) is 8.76. The summed E-state index contributed by atoms with van der Waals surface area (Å²) in [6.07, 6.45) is -2.37. The van der Waals surface area contributed by atoms with Crippen molar-refractivity contribution >= 4 is 0 Å². The molecule has 0 fully saturated rings. The Labute approximate surface area is 164 Å². The number of ether oxygens (including phenoxy) is 2. The highest BCUT2D eigenvalue weighted by Crippen LogP contribution is 2.33. The minimum atomic E-state index is -4.65. The number of alkyl halides is 3. The minimum absolute atomic E-state index is 0.226. The molecule has 0 spiro atoms. The Morgan fingerprint density at radius 3 is 2.45 bits per heavy atom. The Morgan fingerprint density at radius 2 is 1.86 bits per heavy atom. The summed E-state index contributed by atoms with van der Waals surface area (Å²) in [6.45, 7) is 3.71. The van der Waals surface area contributed by atoms with Gasteiger partial charge in [0.15, 0.2) is 0 Å². The molecule has 2 heterocycles. The van der Waals surface area contributed by atoms with Crippen LogP contribution in [0.2, 0.25) is 0 Å². The van der Waals surface area contributed by atoms with Crippen LogP contribution in [0.5, 0.6) is 11.5 Å². The molecule has 1 N–H and O–H groups in total. The van der Waals surface area contributed by atoms with Crippen molar-refractivity contribution in [3.05, 3.63) is 59.6 Å². The van der Waals surface area contributed by atoms with E-state index in [0.717, 1.165) is 17.1 Å². The van der Waals surface area contributed by atoms with E-state index in [-0.39, 0.29) is 18.2 Å². The van der Waals surface area contributed by atoms with Crippen LogP contribution in [0.1, 0.15) is 36.8 Å². The SMILES string of the molecule is COc1cc(OCc2ncc(C(F)(F)F)cc2F)ccc1-c1cnc(C(C)C)[nH]1. The molecule has 3 rings (SSSR count). The number of rotatable bonds is 6. The Hall–Kier alpha value is -3.10. The van der Waals surface area contributed by atoms with Crippen LogP contribution in [0.3, 0.4) is 0 Å². The molecule has 5 nitrogen and oxygen atoms in total. The lowest BCUT2D eigenvalue weighted by Gasteiger charge is -2.12. The number of nitrogens with one attached hydrogen (secondary N) is 1. The van der Waals surface area contributed by atoms with Gasteiger partial charge >= 0.3 is 6.18 Å². The van der Waals surface area contributed by atoms with Gasteiger partial charge < -0.3 is 14.5 Å². The molecule has 1 aromatic carbocycles. The predicted molar refractivity (Wildman–Crippen MR) is 98.2 cm³/mol. The number of pyridine rings is 1. The van der Waals surface area contributed by atoms with Crippen LogP contribution in [-0.2, 0) is 12.8 Å². The Bertz CT molecular complexity index is 1000. The van der Waals surface area contributed by atoms with Crippen LogP contribution in [0.4, 0.5) is 17.6 Å². The highest BCUT2D eigenvalue weighted by Gasteiger charge is 2.31. The third-order valence-corrected chi connectivity index (χ3v) is 4.23. The first kappa shape index (κ1) is 20.6. The third-order valence-electron chi connectivity index (χ3n) is 4.23. The summed E-state index contributed by atoms with van der Waals surface area (Å²) in [7, 11) is 1.50. The molecule has 0 saturated heterocycles. The number of hydrogen-bond acceptors (Lipinski definition) is 4. The van der Waals surface area contributed by atoms with E-state index >= 15 is 0 Å². The summed E-state index contributed by atoms with van der Waals surface area (Å²) in [5.41, 5.74) is 0.159. The topological polar surface area (TPSA) is 60.0 Å². The summed E-state index contributed by atoms with van der Waals surface area (Å²) < 4.78 is 62.6. The standard InChI is InChI=1S/C20H19F4N3O2/c1-11(2)19-26-9-16(27-19)14-5-4-13(7-18(14)28-3)29-10-17-15(21)6-12(8-25-17)20(22,23)24/h4-9,11H,10H2,1-3H3,(H,26,27). The molecule has 0 aliphatic carbocycles. The summed E-state index contributed by atoms with van der Waals surface area (Å²) in [5, 5.41) is 0. The lowest BCUT2D eigenvalue weighted by Crippen LogP contribution is -2.09. The zero-order valence-electron chi connectivity index (χ0n) is 16.0. The quantitative estimate of drug-likeness (QED) is 0.559. The molecule has 0 aliphatic heterocycles. The number of halogens is 4. The Kier molecular flexibility index (Phi) is 5.76. The van der Waals surface area contributed by atoms with E-state index in [9.17, 15) is 17.6 Å². The molecule has 154 valence electrons. The van der Waals surface area contributed by atoms with Crippen LogP contribution < -0.4 is 9.47 Å². The molecule has 9 heteroatoms. The molecule has 0 bridgehead atoms. The summed E-state index contributed by atoms with van der Waals surface area (Å²) >= 11 is 0. The fourth-order valence-corrected chi connectivity index (χ4v) is 2.63. The number of aromatic amines is 1. The van der Waals surface area contributed by atoms with Crippen molar-refractivity contribution in [2.75, 3.05) is 7.11 Å². The second-order valence-electron chi connectivity index (χ2n) is 6.64. The van der Waals surface area contributed by atoms with Gasteiger partial charge in [-0.05, 0) is 18.2 Å². The molecule has 0 radical (unpaired) electrons. The number of hydrogen-bond donors (Lipinski definition) is 1. The largest absolute Gasteiger partial charge is 0.496 e. The van der Waals surface area contributed by atoms with Gasteiger partial charge in [-0.2, -0.15) is 13.2 Å². The molecule has 29 heavy (non-hydrogen) atoms. The summed E-state index contributed by atoms with van der Waals surface area (Å²) in [5.74, 6) is 0.856. The maximum absolute atomic E-state index is 13.9.